The summed E-state index contributed by atoms with van der Waals surface area (Å²) in [6.07, 6.45) is 1.55. The van der Waals surface area contributed by atoms with E-state index in [-0.39, 0.29) is 18.3 Å². The molecule has 21 heavy (non-hydrogen) atoms. The summed E-state index contributed by atoms with van der Waals surface area (Å²) in [5.74, 6) is -0.314. The fraction of sp³-hybridized carbons (Fsp3) is 0.125. The molecule has 0 aliphatic rings. The van der Waals surface area contributed by atoms with Crippen molar-refractivity contribution in [3.8, 4) is 5.75 Å². The Balaban J connectivity index is 1.77. The van der Waals surface area contributed by atoms with Crippen LogP contribution in [0.15, 0.2) is 53.6 Å². The molecule has 0 aliphatic carbocycles. The third kappa shape index (κ3) is 5.06. The highest BCUT2D eigenvalue weighted by Gasteiger charge is 2.01. The summed E-state index contributed by atoms with van der Waals surface area (Å²) in [5, 5.41) is 3.83. The molecule has 0 saturated carbocycles. The van der Waals surface area contributed by atoms with Crippen LogP contribution in [0.4, 0.5) is 4.39 Å². The Hall–Kier alpha value is -2.69. The first kappa shape index (κ1) is 14.7. The van der Waals surface area contributed by atoms with Crippen LogP contribution in [-0.2, 0) is 4.79 Å². The standard InChI is InChI=1S/C16H15FN2O2/c1-12-2-4-13(5-3-12)10-18-19-16(20)11-21-15-8-6-14(17)7-9-15/h2-10H,11H2,1H3,(H,19,20)/b18-10+. The van der Waals surface area contributed by atoms with Gasteiger partial charge in [-0.1, -0.05) is 29.8 Å². The predicted octanol–water partition coefficient (Wildman–Crippen LogP) is 2.66. The third-order valence-electron chi connectivity index (χ3n) is 2.66. The van der Waals surface area contributed by atoms with E-state index in [0.717, 1.165) is 11.1 Å². The second-order valence-electron chi connectivity index (χ2n) is 4.45. The maximum atomic E-state index is 12.7. The molecule has 0 bridgehead atoms. The van der Waals surface area contributed by atoms with Gasteiger partial charge in [-0.05, 0) is 36.8 Å². The van der Waals surface area contributed by atoms with Crippen molar-refractivity contribution >= 4 is 12.1 Å². The first-order chi connectivity index (χ1) is 10.1. The number of amides is 1. The average Bonchev–Trinajstić information content (AvgIpc) is 2.49. The lowest BCUT2D eigenvalue weighted by Crippen LogP contribution is -2.24. The van der Waals surface area contributed by atoms with Crippen LogP contribution in [-0.4, -0.2) is 18.7 Å². The number of hydrazone groups is 1. The number of hydrogen-bond donors (Lipinski definition) is 1. The SMILES string of the molecule is Cc1ccc(/C=N/NC(=O)COc2ccc(F)cc2)cc1. The number of carbonyl (C=O) groups excluding carboxylic acids is 1. The Morgan fingerprint density at radius 2 is 1.86 bits per heavy atom. The highest BCUT2D eigenvalue weighted by Crippen LogP contribution is 2.10. The minimum Gasteiger partial charge on any atom is -0.484 e. The molecule has 1 N–H and O–H groups in total. The molecule has 1 amide bonds. The number of aryl methyl sites for hydroxylation is 1. The van der Waals surface area contributed by atoms with Crippen LogP contribution in [0, 0.1) is 12.7 Å². The molecule has 2 aromatic rings. The minimum atomic E-state index is -0.386. The van der Waals surface area contributed by atoms with Gasteiger partial charge in [-0.15, -0.1) is 0 Å². The molecule has 0 saturated heterocycles. The Kier molecular flexibility index (Phi) is 5.04. The summed E-state index contributed by atoms with van der Waals surface area (Å²) in [6, 6.07) is 13.2. The van der Waals surface area contributed by atoms with E-state index in [1.54, 1.807) is 6.21 Å². The minimum absolute atomic E-state index is 0.184. The van der Waals surface area contributed by atoms with Crippen LogP contribution in [0.5, 0.6) is 5.75 Å². The van der Waals surface area contributed by atoms with Crippen LogP contribution in [0.3, 0.4) is 0 Å². The summed E-state index contributed by atoms with van der Waals surface area (Å²) >= 11 is 0. The number of carbonyl (C=O) groups is 1. The molecule has 4 nitrogen and oxygen atoms in total. The Morgan fingerprint density at radius 3 is 2.52 bits per heavy atom. The van der Waals surface area contributed by atoms with Gasteiger partial charge in [-0.25, -0.2) is 9.82 Å². The van der Waals surface area contributed by atoms with Crippen LogP contribution in [0.2, 0.25) is 0 Å². The lowest BCUT2D eigenvalue weighted by atomic mass is 10.2. The van der Waals surface area contributed by atoms with Gasteiger partial charge in [0.2, 0.25) is 0 Å². The summed E-state index contributed by atoms with van der Waals surface area (Å²) in [7, 11) is 0. The summed E-state index contributed by atoms with van der Waals surface area (Å²) in [6.45, 7) is 1.81. The average molecular weight is 286 g/mol. The molecule has 0 radical (unpaired) electrons. The van der Waals surface area contributed by atoms with E-state index in [0.29, 0.717) is 5.75 Å². The Labute approximate surface area is 122 Å². The van der Waals surface area contributed by atoms with Crippen molar-refractivity contribution in [1.29, 1.82) is 0 Å². The van der Waals surface area contributed by atoms with Gasteiger partial charge < -0.3 is 4.74 Å². The van der Waals surface area contributed by atoms with Gasteiger partial charge in [0.15, 0.2) is 6.61 Å². The fourth-order valence-corrected chi connectivity index (χ4v) is 1.54. The molecule has 2 rings (SSSR count). The van der Waals surface area contributed by atoms with Crippen molar-refractivity contribution in [1.82, 2.24) is 5.43 Å². The van der Waals surface area contributed by atoms with Crippen LogP contribution >= 0.6 is 0 Å². The zero-order valence-electron chi connectivity index (χ0n) is 11.5. The third-order valence-corrected chi connectivity index (χ3v) is 2.66. The van der Waals surface area contributed by atoms with Crippen molar-refractivity contribution in [3.63, 3.8) is 0 Å². The van der Waals surface area contributed by atoms with Crippen LogP contribution in [0.1, 0.15) is 11.1 Å². The molecule has 0 heterocycles. The van der Waals surface area contributed by atoms with Gasteiger partial charge in [0, 0.05) is 0 Å². The van der Waals surface area contributed by atoms with Gasteiger partial charge in [-0.3, -0.25) is 4.79 Å². The first-order valence-corrected chi connectivity index (χ1v) is 6.40. The maximum Gasteiger partial charge on any atom is 0.277 e. The zero-order chi connectivity index (χ0) is 15.1. The molecular weight excluding hydrogens is 271 g/mol. The molecule has 0 aromatic heterocycles. The molecular formula is C16H15FN2O2. The number of nitrogens with one attached hydrogen (secondary N) is 1. The van der Waals surface area contributed by atoms with E-state index in [9.17, 15) is 9.18 Å². The number of hydrogen-bond acceptors (Lipinski definition) is 3. The summed E-state index contributed by atoms with van der Waals surface area (Å²) < 4.78 is 17.9. The predicted molar refractivity (Wildman–Crippen MR) is 78.8 cm³/mol. The van der Waals surface area contributed by atoms with E-state index in [1.807, 2.05) is 31.2 Å². The van der Waals surface area contributed by atoms with Crippen molar-refractivity contribution in [2.75, 3.05) is 6.61 Å². The fourth-order valence-electron chi connectivity index (χ4n) is 1.54. The second kappa shape index (κ2) is 7.19. The van der Waals surface area contributed by atoms with E-state index in [4.69, 9.17) is 4.74 Å². The first-order valence-electron chi connectivity index (χ1n) is 6.40. The molecule has 108 valence electrons. The van der Waals surface area contributed by atoms with Crippen LogP contribution < -0.4 is 10.2 Å². The smallest absolute Gasteiger partial charge is 0.277 e. The monoisotopic (exact) mass is 286 g/mol. The van der Waals surface area contributed by atoms with Gasteiger partial charge in [0.05, 0.1) is 6.21 Å². The quantitative estimate of drug-likeness (QED) is 0.678. The lowest BCUT2D eigenvalue weighted by Gasteiger charge is -2.04. The second-order valence-corrected chi connectivity index (χ2v) is 4.45. The van der Waals surface area contributed by atoms with Crippen molar-refractivity contribution in [2.24, 2.45) is 5.10 Å². The van der Waals surface area contributed by atoms with Gasteiger partial charge in [0.1, 0.15) is 11.6 Å². The normalized spacial score (nSPS) is 10.6. The number of ether oxygens (including phenoxy) is 1. The molecule has 5 heteroatoms. The zero-order valence-corrected chi connectivity index (χ0v) is 11.5. The van der Waals surface area contributed by atoms with Gasteiger partial charge in [-0.2, -0.15) is 5.10 Å². The maximum absolute atomic E-state index is 12.7. The van der Waals surface area contributed by atoms with Gasteiger partial charge in [0.25, 0.3) is 5.91 Å². The van der Waals surface area contributed by atoms with Gasteiger partial charge >= 0.3 is 0 Å². The molecule has 0 fully saturated rings. The highest BCUT2D eigenvalue weighted by atomic mass is 19.1. The Morgan fingerprint density at radius 1 is 1.19 bits per heavy atom. The highest BCUT2D eigenvalue weighted by molar-refractivity contribution is 5.82. The van der Waals surface area contributed by atoms with E-state index >= 15 is 0 Å². The molecule has 0 aliphatic heterocycles. The van der Waals surface area contributed by atoms with E-state index in [1.165, 1.54) is 24.3 Å². The molecule has 0 spiro atoms. The van der Waals surface area contributed by atoms with Crippen molar-refractivity contribution < 1.29 is 13.9 Å². The topological polar surface area (TPSA) is 50.7 Å². The summed E-state index contributed by atoms with van der Waals surface area (Å²) in [4.78, 5) is 11.5. The molecule has 2 aromatic carbocycles. The number of nitrogens with zero attached hydrogens (tertiary/aromatic N) is 1. The molecule has 0 unspecified atom stereocenters. The van der Waals surface area contributed by atoms with Crippen LogP contribution in [0.25, 0.3) is 0 Å². The number of rotatable bonds is 5. The van der Waals surface area contributed by atoms with E-state index in [2.05, 4.69) is 10.5 Å². The molecule has 0 atom stereocenters. The number of benzene rings is 2. The number of halogens is 1. The van der Waals surface area contributed by atoms with Crippen molar-refractivity contribution in [2.45, 2.75) is 6.92 Å². The largest absolute Gasteiger partial charge is 0.484 e. The summed E-state index contributed by atoms with van der Waals surface area (Å²) in [5.41, 5.74) is 4.40. The van der Waals surface area contributed by atoms with E-state index < -0.39 is 0 Å². The van der Waals surface area contributed by atoms with Crippen molar-refractivity contribution in [3.05, 3.63) is 65.5 Å². The Bertz CT molecular complexity index is 622. The lowest BCUT2D eigenvalue weighted by molar-refractivity contribution is -0.123.